The smallest absolute Gasteiger partial charge is 0.252 e. The van der Waals surface area contributed by atoms with Gasteiger partial charge in [0.1, 0.15) is 5.75 Å². The molecule has 0 bridgehead atoms. The summed E-state index contributed by atoms with van der Waals surface area (Å²) in [5.41, 5.74) is 10.8. The van der Waals surface area contributed by atoms with E-state index < -0.39 is 17.6 Å². The van der Waals surface area contributed by atoms with Crippen molar-refractivity contribution in [1.29, 1.82) is 0 Å². The van der Waals surface area contributed by atoms with Gasteiger partial charge in [-0.25, -0.2) is 4.99 Å². The van der Waals surface area contributed by atoms with Gasteiger partial charge in [0.15, 0.2) is 23.1 Å². The molecule has 12 heteroatoms. The molecule has 1 heterocycles. The number of methoxy groups -OCH3 is 2. The summed E-state index contributed by atoms with van der Waals surface area (Å²) >= 11 is 3.65. The zero-order valence-corrected chi connectivity index (χ0v) is 27.5. The minimum atomic E-state index is -1.54. The quantitative estimate of drug-likeness (QED) is 0.0628. The van der Waals surface area contributed by atoms with Crippen molar-refractivity contribution in [3.63, 3.8) is 0 Å². The number of aliphatic hydroxyl groups is 1. The van der Waals surface area contributed by atoms with Crippen LogP contribution in [-0.4, -0.2) is 49.9 Å². The first kappa shape index (κ1) is 33.3. The number of hydrogen-bond acceptors (Lipinski definition) is 8. The Morgan fingerprint density at radius 1 is 1.02 bits per heavy atom. The van der Waals surface area contributed by atoms with Crippen LogP contribution in [0.15, 0.2) is 106 Å². The third-order valence-electron chi connectivity index (χ3n) is 7.74. The first-order valence-corrected chi connectivity index (χ1v) is 15.7. The van der Waals surface area contributed by atoms with Gasteiger partial charge in [-0.15, -0.1) is 0 Å². The number of ether oxygens (including phenoxy) is 4. The van der Waals surface area contributed by atoms with E-state index in [2.05, 4.69) is 31.3 Å². The lowest BCUT2D eigenvalue weighted by atomic mass is 9.81. The van der Waals surface area contributed by atoms with Crippen LogP contribution in [0.4, 0.5) is 5.69 Å². The van der Waals surface area contributed by atoms with Crippen molar-refractivity contribution < 1.29 is 28.8 Å². The number of hydrogen-bond donors (Lipinski definition) is 2. The van der Waals surface area contributed by atoms with E-state index in [0.29, 0.717) is 52.7 Å². The normalized spacial score (nSPS) is 16.8. The Morgan fingerprint density at radius 2 is 1.77 bits per heavy atom. The topological polar surface area (TPSA) is 147 Å². The Kier molecular flexibility index (Phi) is 11.0. The number of halogens is 1. The minimum Gasteiger partial charge on any atom is -0.494 e. The fraction of sp³-hybridized carbons (Fsp3) is 0.257. The average Bonchev–Trinajstić information content (AvgIpc) is 3.49. The molecule has 0 aliphatic carbocycles. The number of nitrogens with zero attached hydrogens (tertiary/aromatic N) is 4. The van der Waals surface area contributed by atoms with Crippen molar-refractivity contribution in [2.75, 3.05) is 27.4 Å². The maximum atomic E-state index is 14.7. The van der Waals surface area contributed by atoms with Gasteiger partial charge in [-0.3, -0.25) is 4.79 Å². The van der Waals surface area contributed by atoms with Crippen LogP contribution in [0.1, 0.15) is 34.8 Å². The van der Waals surface area contributed by atoms with Crippen LogP contribution in [0, 0.1) is 0 Å². The molecule has 2 atom stereocenters. The maximum Gasteiger partial charge on any atom is 0.252 e. The number of carbonyl (C=O) groups excluding carboxylic acids is 1. The zero-order chi connectivity index (χ0) is 33.2. The van der Waals surface area contributed by atoms with Gasteiger partial charge in [0.25, 0.3) is 5.91 Å². The number of carbonyl (C=O) groups is 1. The second kappa shape index (κ2) is 15.5. The second-order valence-electron chi connectivity index (χ2n) is 10.6. The van der Waals surface area contributed by atoms with Gasteiger partial charge >= 0.3 is 0 Å². The van der Waals surface area contributed by atoms with Crippen molar-refractivity contribution in [2.45, 2.75) is 31.0 Å². The van der Waals surface area contributed by atoms with Crippen molar-refractivity contribution >= 4 is 33.4 Å². The molecule has 5 rings (SSSR count). The Morgan fingerprint density at radius 3 is 2.49 bits per heavy atom. The largest absolute Gasteiger partial charge is 0.494 e. The van der Waals surface area contributed by atoms with Crippen molar-refractivity contribution in [2.24, 2.45) is 10.1 Å². The highest BCUT2D eigenvalue weighted by Crippen LogP contribution is 2.46. The van der Waals surface area contributed by atoms with Gasteiger partial charge in [-0.1, -0.05) is 75.6 Å². The SMILES string of the molecule is COc1cccc(CNC(=O)[C@]2(Cc3ccccc3Br)N=C(c3ccc(OCCCO)cc3)O[C@@H]2c2ccccc2N=[N+]=[N-])c1OC. The van der Waals surface area contributed by atoms with Crippen LogP contribution < -0.4 is 19.5 Å². The van der Waals surface area contributed by atoms with Crippen LogP contribution in [-0.2, 0) is 22.5 Å². The van der Waals surface area contributed by atoms with E-state index in [4.69, 9.17) is 29.0 Å². The zero-order valence-electron chi connectivity index (χ0n) is 25.9. The fourth-order valence-electron chi connectivity index (χ4n) is 5.46. The summed E-state index contributed by atoms with van der Waals surface area (Å²) in [6.07, 6.45) is -0.312. The summed E-state index contributed by atoms with van der Waals surface area (Å²) in [7, 11) is 3.10. The number of amides is 1. The second-order valence-corrected chi connectivity index (χ2v) is 11.5. The standard InChI is InChI=1S/C35H34BrN5O6/c1-44-30-14-7-10-25(31(30)45-2)22-38-34(43)35(21-24-9-3-5-12-28(24)36)32(27-11-4-6-13-29(27)40-41-37)47-33(39-35)23-15-17-26(18-16-23)46-20-8-19-42/h3-7,9-18,32,42H,8,19-22H2,1-2H3,(H,38,43)/t32-,35-/m1/s1. The molecule has 0 spiro atoms. The maximum absolute atomic E-state index is 14.7. The molecule has 4 aromatic rings. The van der Waals surface area contributed by atoms with Crippen LogP contribution >= 0.6 is 15.9 Å². The third-order valence-corrected chi connectivity index (χ3v) is 8.52. The number of para-hydroxylation sites is 1. The molecular weight excluding hydrogens is 666 g/mol. The fourth-order valence-corrected chi connectivity index (χ4v) is 5.89. The molecule has 0 fully saturated rings. The van der Waals surface area contributed by atoms with Gasteiger partial charge in [0, 0.05) is 57.8 Å². The van der Waals surface area contributed by atoms with E-state index in [-0.39, 0.29) is 25.5 Å². The summed E-state index contributed by atoms with van der Waals surface area (Å²) < 4.78 is 24.2. The molecule has 47 heavy (non-hydrogen) atoms. The molecule has 0 saturated carbocycles. The van der Waals surface area contributed by atoms with Crippen LogP contribution in [0.5, 0.6) is 17.2 Å². The molecule has 0 aromatic heterocycles. The summed E-state index contributed by atoms with van der Waals surface area (Å²) in [5.74, 6) is 1.51. The van der Waals surface area contributed by atoms with E-state index in [1.807, 2.05) is 36.4 Å². The lowest BCUT2D eigenvalue weighted by Gasteiger charge is -2.32. The molecule has 1 amide bonds. The summed E-state index contributed by atoms with van der Waals surface area (Å²) in [6, 6.07) is 27.3. The Bertz CT molecular complexity index is 1790. The summed E-state index contributed by atoms with van der Waals surface area (Å²) in [6.45, 7) is 0.527. The Labute approximate surface area is 280 Å². The van der Waals surface area contributed by atoms with Gasteiger partial charge in [0.2, 0.25) is 5.90 Å². The highest BCUT2D eigenvalue weighted by molar-refractivity contribution is 9.10. The van der Waals surface area contributed by atoms with Gasteiger partial charge in [0.05, 0.1) is 20.8 Å². The highest BCUT2D eigenvalue weighted by Gasteiger charge is 2.54. The van der Waals surface area contributed by atoms with Crippen molar-refractivity contribution in [1.82, 2.24) is 5.32 Å². The lowest BCUT2D eigenvalue weighted by Crippen LogP contribution is -2.49. The number of rotatable bonds is 14. The van der Waals surface area contributed by atoms with Crippen LogP contribution in [0.3, 0.4) is 0 Å². The average molecular weight is 701 g/mol. The summed E-state index contributed by atoms with van der Waals surface area (Å²) in [5, 5.41) is 16.1. The van der Waals surface area contributed by atoms with E-state index in [1.165, 1.54) is 0 Å². The van der Waals surface area contributed by atoms with E-state index in [0.717, 1.165) is 10.0 Å². The third kappa shape index (κ3) is 7.36. The summed E-state index contributed by atoms with van der Waals surface area (Å²) in [4.78, 5) is 22.8. The van der Waals surface area contributed by atoms with Gasteiger partial charge in [-0.05, 0) is 47.5 Å². The lowest BCUT2D eigenvalue weighted by molar-refractivity contribution is -0.129. The predicted octanol–water partition coefficient (Wildman–Crippen LogP) is 6.99. The number of aliphatic imine (C=N–C) groups is 1. The molecule has 4 aromatic carbocycles. The van der Waals surface area contributed by atoms with E-state index >= 15 is 0 Å². The van der Waals surface area contributed by atoms with E-state index in [9.17, 15) is 10.3 Å². The number of azide groups is 1. The van der Waals surface area contributed by atoms with Crippen LogP contribution in [0.25, 0.3) is 10.4 Å². The van der Waals surface area contributed by atoms with Gasteiger partial charge < -0.3 is 29.4 Å². The molecule has 0 unspecified atom stereocenters. The Balaban J connectivity index is 1.62. The molecule has 2 N–H and O–H groups in total. The molecular formula is C35H34BrN5O6. The first-order chi connectivity index (χ1) is 22.9. The number of benzene rings is 4. The number of aliphatic hydroxyl groups excluding tert-OH is 1. The molecule has 0 radical (unpaired) electrons. The molecule has 0 saturated heterocycles. The molecule has 11 nitrogen and oxygen atoms in total. The highest BCUT2D eigenvalue weighted by atomic mass is 79.9. The monoisotopic (exact) mass is 699 g/mol. The van der Waals surface area contributed by atoms with Crippen molar-refractivity contribution in [3.05, 3.63) is 128 Å². The Hall–Kier alpha value is -5.03. The van der Waals surface area contributed by atoms with E-state index in [1.54, 1.807) is 68.8 Å². The molecule has 1 aliphatic rings. The predicted molar refractivity (Wildman–Crippen MR) is 181 cm³/mol. The molecule has 242 valence electrons. The van der Waals surface area contributed by atoms with Gasteiger partial charge in [-0.2, -0.15) is 0 Å². The molecule has 1 aliphatic heterocycles. The van der Waals surface area contributed by atoms with Crippen LogP contribution in [0.2, 0.25) is 0 Å². The first-order valence-electron chi connectivity index (χ1n) is 14.9. The van der Waals surface area contributed by atoms with Crippen molar-refractivity contribution in [3.8, 4) is 17.2 Å². The number of nitrogens with one attached hydrogen (secondary N) is 1. The minimum absolute atomic E-state index is 0.0354.